The maximum atomic E-state index is 12.0. The maximum absolute atomic E-state index is 12.0. The van der Waals surface area contributed by atoms with Gasteiger partial charge in [0.15, 0.2) is 0 Å². The Balaban J connectivity index is 2.75. The Labute approximate surface area is 126 Å². The summed E-state index contributed by atoms with van der Waals surface area (Å²) in [4.78, 5) is 30.3. The molecule has 0 saturated carbocycles. The summed E-state index contributed by atoms with van der Waals surface area (Å²) < 4.78 is 38.3. The highest BCUT2D eigenvalue weighted by molar-refractivity contribution is 6.28. The lowest BCUT2D eigenvalue weighted by Gasteiger charge is -2.34. The predicted molar refractivity (Wildman–Crippen MR) is 70.9 cm³/mol. The zero-order valence-electron chi connectivity index (χ0n) is 15.0. The van der Waals surface area contributed by atoms with Crippen LogP contribution in [-0.2, 0) is 4.79 Å². The van der Waals surface area contributed by atoms with E-state index >= 15 is 0 Å². The minimum atomic E-state index is -3.29. The van der Waals surface area contributed by atoms with E-state index in [2.05, 4.69) is 9.97 Å². The SMILES string of the molecule is [2H]C([2H])([2H])C([2H])([2H])C1(C(=O)O)CCCN1c1nc(Cl)ncc1[N+](=O)[O-]. The summed E-state index contributed by atoms with van der Waals surface area (Å²) in [6, 6.07) is 0. The molecular weight excluding hydrogens is 288 g/mol. The van der Waals surface area contributed by atoms with Crippen LogP contribution in [-0.4, -0.2) is 38.1 Å². The quantitative estimate of drug-likeness (QED) is 0.513. The second-order valence-corrected chi connectivity index (χ2v) is 4.49. The third kappa shape index (κ3) is 2.15. The molecule has 2 rings (SSSR count). The minimum absolute atomic E-state index is 0.0979. The number of nitrogens with zero attached hydrogens (tertiary/aromatic N) is 4. The second-order valence-electron chi connectivity index (χ2n) is 4.15. The van der Waals surface area contributed by atoms with Gasteiger partial charge in [-0.3, -0.25) is 10.1 Å². The van der Waals surface area contributed by atoms with E-state index in [4.69, 9.17) is 18.5 Å². The largest absolute Gasteiger partial charge is 0.479 e. The molecular formula is C11H13ClN4O4. The summed E-state index contributed by atoms with van der Waals surface area (Å²) in [7, 11) is 0. The molecule has 1 aromatic heterocycles. The van der Waals surface area contributed by atoms with Crippen LogP contribution in [0.1, 0.15) is 32.9 Å². The molecule has 20 heavy (non-hydrogen) atoms. The molecule has 0 bridgehead atoms. The minimum Gasteiger partial charge on any atom is -0.479 e. The van der Waals surface area contributed by atoms with E-state index < -0.39 is 46.4 Å². The van der Waals surface area contributed by atoms with Gasteiger partial charge in [-0.2, -0.15) is 4.98 Å². The lowest BCUT2D eigenvalue weighted by Crippen LogP contribution is -2.50. The van der Waals surface area contributed by atoms with E-state index in [0.717, 1.165) is 11.1 Å². The molecule has 0 aliphatic carbocycles. The fraction of sp³-hybridized carbons (Fsp3) is 0.545. The number of rotatable bonds is 4. The topological polar surface area (TPSA) is 109 Å². The lowest BCUT2D eigenvalue weighted by molar-refractivity contribution is -0.384. The number of carboxylic acid groups (broad SMARTS) is 1. The van der Waals surface area contributed by atoms with Crippen LogP contribution in [0.4, 0.5) is 11.5 Å². The molecule has 2 heterocycles. The third-order valence-corrected chi connectivity index (χ3v) is 3.30. The maximum Gasteiger partial charge on any atom is 0.329 e. The number of carbonyl (C=O) groups is 1. The fourth-order valence-corrected chi connectivity index (χ4v) is 2.31. The lowest BCUT2D eigenvalue weighted by atomic mass is 9.93. The van der Waals surface area contributed by atoms with Crippen LogP contribution in [0.15, 0.2) is 6.20 Å². The number of nitro groups is 1. The van der Waals surface area contributed by atoms with Gasteiger partial charge in [0.05, 0.1) is 4.92 Å². The van der Waals surface area contributed by atoms with Crippen LogP contribution < -0.4 is 4.90 Å². The molecule has 1 N–H and O–H groups in total. The van der Waals surface area contributed by atoms with Gasteiger partial charge in [-0.05, 0) is 30.8 Å². The summed E-state index contributed by atoms with van der Waals surface area (Å²) in [5.74, 6) is -2.28. The van der Waals surface area contributed by atoms with Crippen molar-refractivity contribution >= 4 is 29.1 Å². The normalized spacial score (nSPS) is 27.1. The molecule has 1 aromatic rings. The molecule has 1 aliphatic heterocycles. The van der Waals surface area contributed by atoms with Gasteiger partial charge in [0, 0.05) is 13.4 Å². The van der Waals surface area contributed by atoms with Crippen molar-refractivity contribution in [1.29, 1.82) is 0 Å². The summed E-state index contributed by atoms with van der Waals surface area (Å²) in [5, 5.41) is 20.5. The van der Waals surface area contributed by atoms with Gasteiger partial charge >= 0.3 is 11.7 Å². The van der Waals surface area contributed by atoms with E-state index in [1.54, 1.807) is 0 Å². The molecule has 1 unspecified atom stereocenters. The summed E-state index contributed by atoms with van der Waals surface area (Å²) in [6.07, 6.45) is -2.72. The van der Waals surface area contributed by atoms with Crippen molar-refractivity contribution in [2.24, 2.45) is 0 Å². The molecule has 8 nitrogen and oxygen atoms in total. The summed E-state index contributed by atoms with van der Waals surface area (Å²) >= 11 is 5.65. The third-order valence-electron chi connectivity index (χ3n) is 3.11. The highest BCUT2D eigenvalue weighted by atomic mass is 35.5. The van der Waals surface area contributed by atoms with Crippen molar-refractivity contribution in [3.8, 4) is 0 Å². The van der Waals surface area contributed by atoms with Crippen LogP contribution >= 0.6 is 11.6 Å². The standard InChI is InChI=1S/C11H13ClN4O4/c1-2-11(9(17)18)4-3-5-15(11)8-7(16(19)20)6-13-10(12)14-8/h6H,2-5H2,1H3,(H,17,18)/i1D3,2D2. The summed E-state index contributed by atoms with van der Waals surface area (Å²) in [6.45, 7) is -3.43. The van der Waals surface area contributed by atoms with Crippen LogP contribution in [0.5, 0.6) is 0 Å². The van der Waals surface area contributed by atoms with Gasteiger partial charge in [-0.15, -0.1) is 0 Å². The average Bonchev–Trinajstić information content (AvgIpc) is 2.91. The first kappa shape index (κ1) is 9.06. The molecule has 0 radical (unpaired) electrons. The van der Waals surface area contributed by atoms with E-state index in [-0.39, 0.29) is 19.4 Å². The Morgan fingerprint density at radius 2 is 2.60 bits per heavy atom. The highest BCUT2D eigenvalue weighted by Gasteiger charge is 2.48. The Kier molecular flexibility index (Phi) is 2.36. The van der Waals surface area contributed by atoms with Crippen molar-refractivity contribution in [3.63, 3.8) is 0 Å². The van der Waals surface area contributed by atoms with Gasteiger partial charge in [0.1, 0.15) is 11.7 Å². The van der Waals surface area contributed by atoms with Crippen molar-refractivity contribution in [1.82, 2.24) is 9.97 Å². The van der Waals surface area contributed by atoms with Gasteiger partial charge in [0.25, 0.3) is 0 Å². The monoisotopic (exact) mass is 305 g/mol. The average molecular weight is 306 g/mol. The summed E-state index contributed by atoms with van der Waals surface area (Å²) in [5.41, 5.74) is -3.26. The zero-order valence-corrected chi connectivity index (χ0v) is 10.8. The number of anilines is 1. The van der Waals surface area contributed by atoms with E-state index in [9.17, 15) is 20.0 Å². The van der Waals surface area contributed by atoms with Gasteiger partial charge < -0.3 is 10.0 Å². The van der Waals surface area contributed by atoms with Crippen LogP contribution in [0.25, 0.3) is 0 Å². The Hall–Kier alpha value is -1.96. The molecule has 108 valence electrons. The molecule has 1 fully saturated rings. The number of hydrogen-bond acceptors (Lipinski definition) is 6. The number of aliphatic carboxylic acids is 1. The Morgan fingerprint density at radius 1 is 1.85 bits per heavy atom. The van der Waals surface area contributed by atoms with Gasteiger partial charge in [0.2, 0.25) is 11.1 Å². The highest BCUT2D eigenvalue weighted by Crippen LogP contribution is 2.39. The molecule has 9 heteroatoms. The van der Waals surface area contributed by atoms with Crippen molar-refractivity contribution < 1.29 is 21.7 Å². The first-order valence-corrected chi connectivity index (χ1v) is 5.92. The number of hydrogen-bond donors (Lipinski definition) is 1. The number of aromatic nitrogens is 2. The molecule has 1 aliphatic rings. The van der Waals surface area contributed by atoms with Crippen molar-refractivity contribution in [3.05, 3.63) is 21.6 Å². The Bertz CT molecular complexity index is 731. The molecule has 1 saturated heterocycles. The van der Waals surface area contributed by atoms with Crippen LogP contribution in [0, 0.1) is 10.1 Å². The van der Waals surface area contributed by atoms with Crippen LogP contribution in [0.3, 0.4) is 0 Å². The van der Waals surface area contributed by atoms with Crippen LogP contribution in [0.2, 0.25) is 5.28 Å². The molecule has 1 atom stereocenters. The van der Waals surface area contributed by atoms with E-state index in [0.29, 0.717) is 0 Å². The molecule has 0 spiro atoms. The smallest absolute Gasteiger partial charge is 0.329 e. The predicted octanol–water partition coefficient (Wildman–Crippen LogP) is 1.87. The number of halogens is 1. The number of carboxylic acids is 1. The van der Waals surface area contributed by atoms with Crippen molar-refractivity contribution in [2.75, 3.05) is 11.4 Å². The van der Waals surface area contributed by atoms with E-state index in [1.807, 2.05) is 0 Å². The van der Waals surface area contributed by atoms with E-state index in [1.165, 1.54) is 0 Å². The zero-order chi connectivity index (χ0) is 19.2. The van der Waals surface area contributed by atoms with Gasteiger partial charge in [-0.25, -0.2) is 9.78 Å². The Morgan fingerprint density at radius 3 is 3.20 bits per heavy atom. The first-order chi connectivity index (χ1) is 11.4. The first-order valence-electron chi connectivity index (χ1n) is 8.04. The molecule has 0 aromatic carbocycles. The van der Waals surface area contributed by atoms with Gasteiger partial charge in [-0.1, -0.05) is 6.85 Å². The second kappa shape index (κ2) is 5.20. The fourth-order valence-electron chi connectivity index (χ4n) is 2.18. The van der Waals surface area contributed by atoms with Crippen molar-refractivity contribution in [2.45, 2.75) is 31.6 Å². The molecule has 0 amide bonds.